The molecule has 1 unspecified atom stereocenters. The first-order chi connectivity index (χ1) is 10.8. The van der Waals surface area contributed by atoms with Gasteiger partial charge in [-0.25, -0.2) is 0 Å². The molecular weight excluding hydrogens is 320 g/mol. The SMILES string of the molecule is [N-]=[N+]=NCC(COc1ccc([N+](=O)[O-])cc1[N+](=O)[O-])O[N+](=O)[O-]. The molecule has 0 aromatic heterocycles. The number of nitro groups is 2. The number of hydrogen-bond acceptors (Lipinski definition) is 9. The van der Waals surface area contributed by atoms with Crippen LogP contribution in [-0.2, 0) is 4.84 Å². The van der Waals surface area contributed by atoms with Gasteiger partial charge in [-0.15, -0.1) is 10.1 Å². The van der Waals surface area contributed by atoms with Crippen molar-refractivity contribution in [2.45, 2.75) is 6.10 Å². The lowest BCUT2D eigenvalue weighted by atomic mass is 10.2. The predicted octanol–water partition coefficient (Wildman–Crippen LogP) is 1.77. The van der Waals surface area contributed by atoms with Gasteiger partial charge in [-0.3, -0.25) is 20.2 Å². The first-order valence-electron chi connectivity index (χ1n) is 5.72. The third-order valence-electron chi connectivity index (χ3n) is 2.36. The zero-order chi connectivity index (χ0) is 17.4. The van der Waals surface area contributed by atoms with Gasteiger partial charge in [0.15, 0.2) is 5.75 Å². The van der Waals surface area contributed by atoms with Crippen molar-refractivity contribution in [1.82, 2.24) is 0 Å². The Morgan fingerprint density at radius 3 is 2.43 bits per heavy atom. The van der Waals surface area contributed by atoms with Crippen LogP contribution in [0.1, 0.15) is 0 Å². The van der Waals surface area contributed by atoms with Crippen LogP contribution in [0.3, 0.4) is 0 Å². The highest BCUT2D eigenvalue weighted by Crippen LogP contribution is 2.31. The van der Waals surface area contributed by atoms with Crippen LogP contribution in [-0.4, -0.2) is 34.2 Å². The van der Waals surface area contributed by atoms with Gasteiger partial charge in [0.05, 0.1) is 22.5 Å². The Morgan fingerprint density at radius 1 is 1.22 bits per heavy atom. The van der Waals surface area contributed by atoms with Crippen LogP contribution >= 0.6 is 0 Å². The molecular formula is C9H8N6O8. The normalized spacial score (nSPS) is 11.0. The molecule has 23 heavy (non-hydrogen) atoms. The number of azide groups is 1. The summed E-state index contributed by atoms with van der Waals surface area (Å²) in [6.45, 7) is -0.989. The summed E-state index contributed by atoms with van der Waals surface area (Å²) in [5.74, 6) is -0.349. The topological polar surface area (TPSA) is 197 Å². The number of ether oxygens (including phenoxy) is 1. The van der Waals surface area contributed by atoms with Gasteiger partial charge in [-0.05, 0) is 11.6 Å². The van der Waals surface area contributed by atoms with E-state index >= 15 is 0 Å². The second-order valence-corrected chi connectivity index (χ2v) is 3.84. The molecule has 0 bridgehead atoms. The first-order valence-corrected chi connectivity index (χ1v) is 5.72. The van der Waals surface area contributed by atoms with E-state index in [1.165, 1.54) is 0 Å². The number of rotatable bonds is 9. The summed E-state index contributed by atoms with van der Waals surface area (Å²) >= 11 is 0. The molecule has 0 heterocycles. The highest BCUT2D eigenvalue weighted by atomic mass is 17.0. The van der Waals surface area contributed by atoms with E-state index in [1.54, 1.807) is 0 Å². The van der Waals surface area contributed by atoms with Gasteiger partial charge in [0, 0.05) is 11.0 Å². The molecule has 0 radical (unpaired) electrons. The van der Waals surface area contributed by atoms with Gasteiger partial charge < -0.3 is 9.57 Å². The van der Waals surface area contributed by atoms with Crippen molar-refractivity contribution in [2.24, 2.45) is 5.11 Å². The largest absolute Gasteiger partial charge is 0.484 e. The van der Waals surface area contributed by atoms with Crippen molar-refractivity contribution in [3.05, 3.63) is 59.0 Å². The van der Waals surface area contributed by atoms with Crippen LogP contribution in [0.15, 0.2) is 23.3 Å². The molecule has 14 nitrogen and oxygen atoms in total. The van der Waals surface area contributed by atoms with Crippen molar-refractivity contribution in [3.8, 4) is 5.75 Å². The fourth-order valence-electron chi connectivity index (χ4n) is 1.43. The van der Waals surface area contributed by atoms with Gasteiger partial charge in [0.2, 0.25) is 0 Å². The van der Waals surface area contributed by atoms with Crippen molar-refractivity contribution in [3.63, 3.8) is 0 Å². The zero-order valence-corrected chi connectivity index (χ0v) is 11.2. The average Bonchev–Trinajstić information content (AvgIpc) is 2.49. The smallest absolute Gasteiger partial charge is 0.317 e. The van der Waals surface area contributed by atoms with Crippen LogP contribution in [0.25, 0.3) is 10.4 Å². The Kier molecular flexibility index (Phi) is 6.00. The molecule has 122 valence electrons. The Hall–Kier alpha value is -3.67. The van der Waals surface area contributed by atoms with E-state index in [9.17, 15) is 30.3 Å². The molecule has 0 aliphatic rings. The molecule has 1 rings (SSSR count). The summed E-state index contributed by atoms with van der Waals surface area (Å²) in [4.78, 5) is 36.6. The standard InChI is InChI=1S/C9H8N6O8/c10-12-11-4-7(23-15(20)21)5-22-9-2-1-6(13(16)17)3-8(9)14(18)19/h1-3,7H,4-5H2. The lowest BCUT2D eigenvalue weighted by Gasteiger charge is -2.13. The number of benzene rings is 1. The highest BCUT2D eigenvalue weighted by Gasteiger charge is 2.22. The Bertz CT molecular complexity index is 668. The van der Waals surface area contributed by atoms with E-state index in [0.29, 0.717) is 6.07 Å². The van der Waals surface area contributed by atoms with Gasteiger partial charge in [-0.2, -0.15) is 0 Å². The first kappa shape index (κ1) is 17.4. The van der Waals surface area contributed by atoms with Gasteiger partial charge >= 0.3 is 5.69 Å². The third kappa shape index (κ3) is 5.31. The second kappa shape index (κ2) is 7.94. The molecule has 0 amide bonds. The minimum Gasteiger partial charge on any atom is -0.484 e. The molecule has 0 N–H and O–H groups in total. The summed E-state index contributed by atoms with van der Waals surface area (Å²) < 4.78 is 5.02. The molecule has 1 aromatic carbocycles. The number of nitro benzene ring substituents is 2. The van der Waals surface area contributed by atoms with Crippen LogP contribution in [0.2, 0.25) is 0 Å². The van der Waals surface area contributed by atoms with Gasteiger partial charge in [-0.1, -0.05) is 5.11 Å². The molecule has 0 spiro atoms. The van der Waals surface area contributed by atoms with Crippen LogP contribution < -0.4 is 4.74 Å². The monoisotopic (exact) mass is 328 g/mol. The van der Waals surface area contributed by atoms with Crippen molar-refractivity contribution in [1.29, 1.82) is 0 Å². The average molecular weight is 328 g/mol. The molecule has 0 saturated carbocycles. The molecule has 0 saturated heterocycles. The maximum absolute atomic E-state index is 10.9. The van der Waals surface area contributed by atoms with Crippen LogP contribution in [0.4, 0.5) is 11.4 Å². The van der Waals surface area contributed by atoms with Crippen molar-refractivity contribution < 1.29 is 24.5 Å². The molecule has 1 aromatic rings. The van der Waals surface area contributed by atoms with E-state index in [1.807, 2.05) is 0 Å². The van der Waals surface area contributed by atoms with E-state index in [4.69, 9.17) is 10.3 Å². The van der Waals surface area contributed by atoms with Gasteiger partial charge in [0.25, 0.3) is 10.8 Å². The number of non-ortho nitro benzene ring substituents is 1. The summed E-state index contributed by atoms with van der Waals surface area (Å²) in [5.41, 5.74) is 6.96. The van der Waals surface area contributed by atoms with E-state index < -0.39 is 45.6 Å². The van der Waals surface area contributed by atoms with E-state index in [-0.39, 0.29) is 5.75 Å². The lowest BCUT2D eigenvalue weighted by molar-refractivity contribution is -0.768. The maximum Gasteiger partial charge on any atom is 0.317 e. The number of hydrogen-bond donors (Lipinski definition) is 0. The second-order valence-electron chi connectivity index (χ2n) is 3.84. The lowest BCUT2D eigenvalue weighted by Crippen LogP contribution is -2.27. The fraction of sp³-hybridized carbons (Fsp3) is 0.333. The van der Waals surface area contributed by atoms with Crippen molar-refractivity contribution in [2.75, 3.05) is 13.2 Å². The number of nitrogens with zero attached hydrogens (tertiary/aromatic N) is 6. The Morgan fingerprint density at radius 2 is 1.91 bits per heavy atom. The molecule has 0 fully saturated rings. The molecule has 14 heteroatoms. The highest BCUT2D eigenvalue weighted by molar-refractivity contribution is 5.53. The predicted molar refractivity (Wildman–Crippen MR) is 71.1 cm³/mol. The summed E-state index contributed by atoms with van der Waals surface area (Å²) in [5, 5.41) is 33.7. The van der Waals surface area contributed by atoms with Crippen molar-refractivity contribution >= 4 is 11.4 Å². The van der Waals surface area contributed by atoms with Gasteiger partial charge in [0.1, 0.15) is 12.7 Å². The summed E-state index contributed by atoms with van der Waals surface area (Å²) in [6.07, 6.45) is -1.30. The minimum atomic E-state index is -1.30. The summed E-state index contributed by atoms with van der Waals surface area (Å²) in [7, 11) is 0. The molecule has 1 atom stereocenters. The Labute approximate surface area is 126 Å². The van der Waals surface area contributed by atoms with E-state index in [0.717, 1.165) is 12.1 Å². The van der Waals surface area contributed by atoms with Crippen LogP contribution in [0.5, 0.6) is 5.75 Å². The fourth-order valence-corrected chi connectivity index (χ4v) is 1.43. The minimum absolute atomic E-state index is 0.349. The molecule has 0 aliphatic heterocycles. The molecule has 0 aliphatic carbocycles. The summed E-state index contributed by atoms with van der Waals surface area (Å²) in [6, 6.07) is 2.64. The Balaban J connectivity index is 2.93. The maximum atomic E-state index is 10.9. The quantitative estimate of drug-likeness (QED) is 0.214. The zero-order valence-electron chi connectivity index (χ0n) is 11.2. The van der Waals surface area contributed by atoms with Crippen LogP contribution in [0, 0.1) is 30.3 Å². The van der Waals surface area contributed by atoms with E-state index in [2.05, 4.69) is 14.9 Å². The third-order valence-corrected chi connectivity index (χ3v) is 2.36.